The van der Waals surface area contributed by atoms with E-state index < -0.39 is 23.7 Å². The molecule has 1 aromatic heterocycles. The van der Waals surface area contributed by atoms with Crippen molar-refractivity contribution in [2.24, 2.45) is 0 Å². The predicted molar refractivity (Wildman–Crippen MR) is 81.7 cm³/mol. The Morgan fingerprint density at radius 3 is 2.42 bits per heavy atom. The van der Waals surface area contributed by atoms with Crippen LogP contribution in [0.1, 0.15) is 23.1 Å². The summed E-state index contributed by atoms with van der Waals surface area (Å²) in [7, 11) is 1.34. The van der Waals surface area contributed by atoms with E-state index in [9.17, 15) is 22.7 Å². The lowest BCUT2D eigenvalue weighted by atomic mass is 10.1. The molecule has 1 unspecified atom stereocenters. The summed E-state index contributed by atoms with van der Waals surface area (Å²) >= 11 is 0. The third kappa shape index (κ3) is 3.52. The van der Waals surface area contributed by atoms with Crippen LogP contribution in [0.4, 0.5) is 17.6 Å². The van der Waals surface area contributed by atoms with E-state index in [4.69, 9.17) is 9.26 Å². The summed E-state index contributed by atoms with van der Waals surface area (Å²) in [4.78, 5) is 4.01. The first kappa shape index (κ1) is 17.9. The highest BCUT2D eigenvalue weighted by Crippen LogP contribution is 2.32. The van der Waals surface area contributed by atoms with Crippen LogP contribution < -0.4 is 4.74 Å². The van der Waals surface area contributed by atoms with E-state index in [0.717, 1.165) is 30.3 Å². The molecule has 0 saturated carbocycles. The lowest BCUT2D eigenvalue weighted by Crippen LogP contribution is -2.06. The Hall–Kier alpha value is -2.94. The van der Waals surface area contributed by atoms with Crippen LogP contribution in [0, 0.1) is 5.82 Å². The quantitative estimate of drug-likeness (QED) is 0.706. The van der Waals surface area contributed by atoms with Gasteiger partial charge in [0.1, 0.15) is 11.6 Å². The molecular weight excluding hydrogens is 356 g/mol. The number of aliphatic hydroxyl groups excluding tert-OH is 1. The molecule has 136 valence electrons. The highest BCUT2D eigenvalue weighted by Gasteiger charge is 2.30. The van der Waals surface area contributed by atoms with E-state index >= 15 is 0 Å². The van der Waals surface area contributed by atoms with Gasteiger partial charge in [0.05, 0.1) is 18.2 Å². The largest absolute Gasteiger partial charge is 0.496 e. The number of aliphatic hydroxyl groups is 1. The molecule has 0 aliphatic carbocycles. The second-order valence-electron chi connectivity index (χ2n) is 5.32. The van der Waals surface area contributed by atoms with Crippen molar-refractivity contribution in [1.29, 1.82) is 0 Å². The van der Waals surface area contributed by atoms with Gasteiger partial charge in [0.2, 0.25) is 5.82 Å². The molecule has 9 heteroatoms. The lowest BCUT2D eigenvalue weighted by molar-refractivity contribution is -0.137. The highest BCUT2D eigenvalue weighted by molar-refractivity contribution is 5.63. The Bertz CT molecular complexity index is 907. The van der Waals surface area contributed by atoms with Gasteiger partial charge in [-0.15, -0.1) is 0 Å². The summed E-state index contributed by atoms with van der Waals surface area (Å²) in [6.45, 7) is 0. The maximum Gasteiger partial charge on any atom is 0.416 e. The maximum absolute atomic E-state index is 13.3. The minimum Gasteiger partial charge on any atom is -0.496 e. The first-order valence-corrected chi connectivity index (χ1v) is 7.32. The highest BCUT2D eigenvalue weighted by atomic mass is 19.4. The van der Waals surface area contributed by atoms with Gasteiger partial charge in [-0.2, -0.15) is 18.2 Å². The van der Waals surface area contributed by atoms with Crippen molar-refractivity contribution in [3.63, 3.8) is 0 Å². The van der Waals surface area contributed by atoms with Crippen LogP contribution in [0.15, 0.2) is 47.0 Å². The van der Waals surface area contributed by atoms with Crippen molar-refractivity contribution in [3.8, 4) is 17.1 Å². The van der Waals surface area contributed by atoms with Crippen LogP contribution in [0.25, 0.3) is 11.4 Å². The zero-order chi connectivity index (χ0) is 18.9. The van der Waals surface area contributed by atoms with Crippen molar-refractivity contribution in [2.75, 3.05) is 7.11 Å². The van der Waals surface area contributed by atoms with Crippen molar-refractivity contribution >= 4 is 0 Å². The zero-order valence-corrected chi connectivity index (χ0v) is 13.3. The van der Waals surface area contributed by atoms with Crippen LogP contribution in [0.2, 0.25) is 0 Å². The Labute approximate surface area is 144 Å². The zero-order valence-electron chi connectivity index (χ0n) is 13.3. The number of hydrogen-bond donors (Lipinski definition) is 1. The van der Waals surface area contributed by atoms with Crippen molar-refractivity contribution in [1.82, 2.24) is 10.1 Å². The second-order valence-corrected chi connectivity index (χ2v) is 5.32. The fourth-order valence-electron chi connectivity index (χ4n) is 2.30. The number of methoxy groups -OCH3 is 1. The molecule has 0 amide bonds. The molecule has 3 aromatic rings. The normalized spacial score (nSPS) is 12.8. The summed E-state index contributed by atoms with van der Waals surface area (Å²) in [5.74, 6) is -0.519. The molecule has 0 bridgehead atoms. The molecule has 0 saturated heterocycles. The third-order valence-electron chi connectivity index (χ3n) is 3.63. The first-order chi connectivity index (χ1) is 12.3. The predicted octanol–water partition coefficient (Wildman–Crippen LogP) is 3.98. The first-order valence-electron chi connectivity index (χ1n) is 7.32. The molecular formula is C17H12F4N2O3. The smallest absolute Gasteiger partial charge is 0.416 e. The molecule has 0 radical (unpaired) electrons. The number of ether oxygens (including phenoxy) is 1. The van der Waals surface area contributed by atoms with E-state index in [1.165, 1.54) is 19.2 Å². The van der Waals surface area contributed by atoms with Gasteiger partial charge in [-0.05, 0) is 29.8 Å². The summed E-state index contributed by atoms with van der Waals surface area (Å²) in [5.41, 5.74) is -0.349. The van der Waals surface area contributed by atoms with Crippen molar-refractivity contribution < 1.29 is 31.9 Å². The molecule has 5 nitrogen and oxygen atoms in total. The molecule has 26 heavy (non-hydrogen) atoms. The number of hydrogen-bond acceptors (Lipinski definition) is 5. The molecule has 1 heterocycles. The summed E-state index contributed by atoms with van der Waals surface area (Å²) < 4.78 is 61.1. The van der Waals surface area contributed by atoms with Gasteiger partial charge in [0.25, 0.3) is 5.89 Å². The lowest BCUT2D eigenvalue weighted by Gasteiger charge is -2.09. The van der Waals surface area contributed by atoms with E-state index in [0.29, 0.717) is 5.56 Å². The number of nitrogens with zero attached hydrogens (tertiary/aromatic N) is 2. The fraction of sp³-hybridized carbons (Fsp3) is 0.176. The molecule has 3 rings (SSSR count). The van der Waals surface area contributed by atoms with Gasteiger partial charge in [0, 0.05) is 6.07 Å². The van der Waals surface area contributed by atoms with Gasteiger partial charge in [-0.25, -0.2) is 4.39 Å². The van der Waals surface area contributed by atoms with Crippen LogP contribution >= 0.6 is 0 Å². The van der Waals surface area contributed by atoms with Crippen LogP contribution in [-0.2, 0) is 6.18 Å². The molecule has 0 spiro atoms. The minimum atomic E-state index is -4.47. The Kier molecular flexibility index (Phi) is 4.64. The number of halogens is 4. The molecule has 0 aliphatic rings. The summed E-state index contributed by atoms with van der Waals surface area (Å²) in [6.07, 6.45) is -5.88. The molecule has 2 aromatic carbocycles. The number of aromatic nitrogens is 2. The van der Waals surface area contributed by atoms with Gasteiger partial charge >= 0.3 is 6.18 Å². The molecule has 1 atom stereocenters. The topological polar surface area (TPSA) is 68.4 Å². The van der Waals surface area contributed by atoms with E-state index in [1.54, 1.807) is 0 Å². The van der Waals surface area contributed by atoms with Gasteiger partial charge in [-0.3, -0.25) is 0 Å². The van der Waals surface area contributed by atoms with Crippen LogP contribution in [-0.4, -0.2) is 22.4 Å². The number of rotatable bonds is 4. The van der Waals surface area contributed by atoms with Crippen LogP contribution in [0.5, 0.6) is 5.75 Å². The Balaban J connectivity index is 1.88. The Morgan fingerprint density at radius 1 is 1.12 bits per heavy atom. The van der Waals surface area contributed by atoms with E-state index in [2.05, 4.69) is 10.1 Å². The third-order valence-corrected chi connectivity index (χ3v) is 3.63. The summed E-state index contributed by atoms with van der Waals surface area (Å²) in [6, 6.07) is 7.63. The SMILES string of the molecule is COc1cc(F)ccc1-c1noc(C(O)c2ccc(C(F)(F)F)cc2)n1. The van der Waals surface area contributed by atoms with Gasteiger partial charge in [0.15, 0.2) is 6.10 Å². The van der Waals surface area contributed by atoms with Gasteiger partial charge < -0.3 is 14.4 Å². The maximum atomic E-state index is 13.3. The standard InChI is InChI=1S/C17H12F4N2O3/c1-25-13-8-11(18)6-7-12(13)15-22-16(26-23-15)14(24)9-2-4-10(5-3-9)17(19,20)21/h2-8,14,24H,1H3. The average molecular weight is 368 g/mol. The number of benzene rings is 2. The molecule has 0 fully saturated rings. The second kappa shape index (κ2) is 6.75. The average Bonchev–Trinajstić information content (AvgIpc) is 3.10. The van der Waals surface area contributed by atoms with Crippen LogP contribution in [0.3, 0.4) is 0 Å². The van der Waals surface area contributed by atoms with Gasteiger partial charge in [-0.1, -0.05) is 17.3 Å². The fourth-order valence-corrected chi connectivity index (χ4v) is 2.30. The van der Waals surface area contributed by atoms with E-state index in [-0.39, 0.29) is 23.0 Å². The monoisotopic (exact) mass is 368 g/mol. The molecule has 1 N–H and O–H groups in total. The Morgan fingerprint density at radius 2 is 1.81 bits per heavy atom. The van der Waals surface area contributed by atoms with Crippen molar-refractivity contribution in [3.05, 3.63) is 65.3 Å². The number of alkyl halides is 3. The molecule has 0 aliphatic heterocycles. The van der Waals surface area contributed by atoms with Crippen molar-refractivity contribution in [2.45, 2.75) is 12.3 Å². The summed E-state index contributed by atoms with van der Waals surface area (Å²) in [5, 5.41) is 13.9. The van der Waals surface area contributed by atoms with E-state index in [1.807, 2.05) is 0 Å². The minimum absolute atomic E-state index is 0.0443.